The van der Waals surface area contributed by atoms with Crippen molar-refractivity contribution >= 4 is 0 Å². The minimum Gasteiger partial charge on any atom is -0.369 e. The van der Waals surface area contributed by atoms with E-state index in [4.69, 9.17) is 28.4 Å². The summed E-state index contributed by atoms with van der Waals surface area (Å²) in [5, 5.41) is 0. The van der Waals surface area contributed by atoms with Crippen LogP contribution in [0.3, 0.4) is 0 Å². The Morgan fingerprint density at radius 3 is 1.40 bits per heavy atom. The van der Waals surface area contributed by atoms with E-state index >= 15 is 0 Å². The molecule has 3 fully saturated rings. The van der Waals surface area contributed by atoms with E-state index in [1.165, 1.54) is 6.42 Å². The highest BCUT2D eigenvalue weighted by molar-refractivity contribution is 5.17. The molecule has 1 aliphatic heterocycles. The second-order valence-electron chi connectivity index (χ2n) is 11.5. The Morgan fingerprint density at radius 2 is 0.976 bits per heavy atom. The van der Waals surface area contributed by atoms with Gasteiger partial charge in [0.05, 0.1) is 26.4 Å². The van der Waals surface area contributed by atoms with Crippen LogP contribution in [0.4, 0.5) is 0 Å². The fraction of sp³-hybridized carbons (Fsp3) is 0.444. The average Bonchev–Trinajstić information content (AvgIpc) is 3.40. The van der Waals surface area contributed by atoms with Gasteiger partial charge in [-0.3, -0.25) is 0 Å². The molecule has 3 aromatic carbocycles. The summed E-state index contributed by atoms with van der Waals surface area (Å²) in [5.74, 6) is -0.629. The summed E-state index contributed by atoms with van der Waals surface area (Å²) in [5.41, 5.74) is 3.26. The van der Waals surface area contributed by atoms with Crippen LogP contribution in [-0.2, 0) is 48.2 Å². The Kier molecular flexibility index (Phi) is 9.81. The van der Waals surface area contributed by atoms with Gasteiger partial charge in [-0.15, -0.1) is 6.58 Å². The number of ether oxygens (including phenoxy) is 6. The SMILES string of the molecule is C=CCO[C@H]1[C@H](OCc2ccccc2)[C@@H](OCc2ccccc2)[C@H](OCc2ccccc2)[C@@H]2OC3(CCCCC3)O[C@H]12. The van der Waals surface area contributed by atoms with Gasteiger partial charge in [0, 0.05) is 12.8 Å². The van der Waals surface area contributed by atoms with Crippen molar-refractivity contribution < 1.29 is 28.4 Å². The molecule has 0 radical (unpaired) electrons. The van der Waals surface area contributed by atoms with Gasteiger partial charge in [0.25, 0.3) is 0 Å². The first-order valence-electron chi connectivity index (χ1n) is 15.3. The third-order valence-electron chi connectivity index (χ3n) is 8.52. The van der Waals surface area contributed by atoms with E-state index in [0.717, 1.165) is 42.4 Å². The second-order valence-corrected chi connectivity index (χ2v) is 11.5. The Labute approximate surface area is 249 Å². The molecule has 3 aromatic rings. The molecule has 6 nitrogen and oxygen atoms in total. The highest BCUT2D eigenvalue weighted by Gasteiger charge is 2.62. The van der Waals surface area contributed by atoms with Gasteiger partial charge in [-0.25, -0.2) is 0 Å². The van der Waals surface area contributed by atoms with Crippen LogP contribution >= 0.6 is 0 Å². The lowest BCUT2D eigenvalue weighted by Crippen LogP contribution is -2.65. The van der Waals surface area contributed by atoms with Gasteiger partial charge in [-0.05, 0) is 29.5 Å². The van der Waals surface area contributed by atoms with Gasteiger partial charge in [-0.2, -0.15) is 0 Å². The average molecular weight is 571 g/mol. The van der Waals surface area contributed by atoms with E-state index in [0.29, 0.717) is 26.4 Å². The molecule has 42 heavy (non-hydrogen) atoms. The van der Waals surface area contributed by atoms with Crippen molar-refractivity contribution in [3.8, 4) is 0 Å². The molecular formula is C36H42O6. The first-order chi connectivity index (χ1) is 20.7. The Hall–Kier alpha value is -2.84. The van der Waals surface area contributed by atoms with Crippen LogP contribution in [0.2, 0.25) is 0 Å². The predicted octanol–water partition coefficient (Wildman–Crippen LogP) is 6.77. The standard InChI is InChI=1S/C36H42O6/c1-2-23-37-32-30(38-24-27-15-7-3-8-16-27)31(39-25-28-17-9-4-10-18-28)33(40-26-29-19-11-5-12-20-29)35-34(32)41-36(42-35)21-13-6-14-22-36/h2-5,7-12,15-20,30-35H,1,6,13-14,21-26H2/t30-,31-,32+,33+,34-,35+/m1/s1. The first-order valence-corrected chi connectivity index (χ1v) is 15.3. The molecule has 0 unspecified atom stereocenters. The van der Waals surface area contributed by atoms with Crippen LogP contribution in [0.1, 0.15) is 48.8 Å². The lowest BCUT2D eigenvalue weighted by Gasteiger charge is -2.46. The molecule has 0 aromatic heterocycles. The van der Waals surface area contributed by atoms with E-state index in [-0.39, 0.29) is 12.2 Å². The molecule has 2 saturated carbocycles. The summed E-state index contributed by atoms with van der Waals surface area (Å²) in [6.07, 6.45) is 4.36. The van der Waals surface area contributed by atoms with Crippen LogP contribution in [0, 0.1) is 0 Å². The van der Waals surface area contributed by atoms with Crippen molar-refractivity contribution in [1.29, 1.82) is 0 Å². The monoisotopic (exact) mass is 570 g/mol. The summed E-state index contributed by atoms with van der Waals surface area (Å²) in [6.45, 7) is 5.55. The molecule has 6 atom stereocenters. The van der Waals surface area contributed by atoms with Crippen LogP contribution in [-0.4, -0.2) is 49.0 Å². The van der Waals surface area contributed by atoms with Gasteiger partial charge in [0.2, 0.25) is 0 Å². The fourth-order valence-electron chi connectivity index (χ4n) is 6.48. The Morgan fingerprint density at radius 1 is 0.571 bits per heavy atom. The van der Waals surface area contributed by atoms with Crippen molar-refractivity contribution in [3.05, 3.63) is 120 Å². The van der Waals surface area contributed by atoms with Crippen molar-refractivity contribution in [2.75, 3.05) is 6.61 Å². The molecule has 0 N–H and O–H groups in total. The number of hydrogen-bond acceptors (Lipinski definition) is 6. The molecule has 1 heterocycles. The number of fused-ring (bicyclic) bond motifs is 1. The molecule has 2 aliphatic carbocycles. The second kappa shape index (κ2) is 14.1. The molecule has 3 aliphatic rings. The summed E-state index contributed by atoms with van der Waals surface area (Å²) in [4.78, 5) is 0. The lowest BCUT2D eigenvalue weighted by atomic mass is 9.84. The summed E-state index contributed by atoms with van der Waals surface area (Å²) < 4.78 is 40.6. The fourth-order valence-corrected chi connectivity index (χ4v) is 6.48. The molecule has 222 valence electrons. The zero-order valence-corrected chi connectivity index (χ0v) is 24.2. The third-order valence-corrected chi connectivity index (χ3v) is 8.52. The van der Waals surface area contributed by atoms with Crippen LogP contribution in [0.25, 0.3) is 0 Å². The largest absolute Gasteiger partial charge is 0.369 e. The summed E-state index contributed by atoms with van der Waals surface area (Å²) in [7, 11) is 0. The summed E-state index contributed by atoms with van der Waals surface area (Å²) >= 11 is 0. The van der Waals surface area contributed by atoms with Gasteiger partial charge in [-0.1, -0.05) is 103 Å². The maximum Gasteiger partial charge on any atom is 0.169 e. The predicted molar refractivity (Wildman–Crippen MR) is 161 cm³/mol. The van der Waals surface area contributed by atoms with E-state index in [2.05, 4.69) is 43.0 Å². The highest BCUT2D eigenvalue weighted by atomic mass is 16.8. The van der Waals surface area contributed by atoms with Crippen LogP contribution in [0.15, 0.2) is 104 Å². The van der Waals surface area contributed by atoms with E-state index in [1.807, 2.05) is 54.6 Å². The van der Waals surface area contributed by atoms with Crippen molar-refractivity contribution in [2.45, 2.75) is 94.3 Å². The Balaban J connectivity index is 1.35. The molecular weight excluding hydrogens is 528 g/mol. The van der Waals surface area contributed by atoms with Gasteiger partial charge < -0.3 is 28.4 Å². The van der Waals surface area contributed by atoms with Crippen LogP contribution < -0.4 is 0 Å². The minimum absolute atomic E-state index is 0.360. The quantitative estimate of drug-likeness (QED) is 0.224. The summed E-state index contributed by atoms with van der Waals surface area (Å²) in [6, 6.07) is 30.6. The smallest absolute Gasteiger partial charge is 0.169 e. The minimum atomic E-state index is -0.629. The maximum atomic E-state index is 6.91. The highest BCUT2D eigenvalue weighted by Crippen LogP contribution is 2.47. The topological polar surface area (TPSA) is 55.4 Å². The van der Waals surface area contributed by atoms with E-state index < -0.39 is 30.2 Å². The maximum absolute atomic E-state index is 6.91. The van der Waals surface area contributed by atoms with Crippen LogP contribution in [0.5, 0.6) is 0 Å². The zero-order chi connectivity index (χ0) is 28.6. The van der Waals surface area contributed by atoms with Crippen molar-refractivity contribution in [3.63, 3.8) is 0 Å². The first kappa shape index (κ1) is 29.2. The van der Waals surface area contributed by atoms with E-state index in [9.17, 15) is 0 Å². The van der Waals surface area contributed by atoms with Crippen molar-refractivity contribution in [1.82, 2.24) is 0 Å². The number of hydrogen-bond donors (Lipinski definition) is 0. The van der Waals surface area contributed by atoms with Gasteiger partial charge in [0.15, 0.2) is 5.79 Å². The van der Waals surface area contributed by atoms with Gasteiger partial charge in [0.1, 0.15) is 36.6 Å². The van der Waals surface area contributed by atoms with Crippen molar-refractivity contribution in [2.24, 2.45) is 0 Å². The van der Waals surface area contributed by atoms with E-state index in [1.54, 1.807) is 6.08 Å². The molecule has 6 rings (SSSR count). The molecule has 0 amide bonds. The van der Waals surface area contributed by atoms with Gasteiger partial charge >= 0.3 is 0 Å². The molecule has 1 spiro atoms. The third kappa shape index (κ3) is 6.86. The number of rotatable bonds is 12. The normalized spacial score (nSPS) is 28.4. The number of benzene rings is 3. The molecule has 6 heteroatoms. The lowest BCUT2D eigenvalue weighted by molar-refractivity contribution is -0.249. The molecule has 1 saturated heterocycles. The zero-order valence-electron chi connectivity index (χ0n) is 24.2. The Bertz CT molecular complexity index is 1230. The molecule has 0 bridgehead atoms.